The molecule has 1 aliphatic rings. The molecule has 2 aromatic carbocycles. The molecule has 14 heteroatoms. The Bertz CT molecular complexity index is 1240. The van der Waals surface area contributed by atoms with Crippen molar-refractivity contribution in [2.24, 2.45) is 0 Å². The minimum atomic E-state index is -4.67. The van der Waals surface area contributed by atoms with Gasteiger partial charge in [0, 0.05) is 11.0 Å². The van der Waals surface area contributed by atoms with Crippen molar-refractivity contribution in [3.05, 3.63) is 72.6 Å². The summed E-state index contributed by atoms with van der Waals surface area (Å²) in [7, 11) is 0. The summed E-state index contributed by atoms with van der Waals surface area (Å²) in [6.45, 7) is -0.613. The van der Waals surface area contributed by atoms with Gasteiger partial charge in [-0.15, -0.1) is 0 Å². The maximum absolute atomic E-state index is 13.8. The lowest BCUT2D eigenvalue weighted by Gasteiger charge is -2.19. The van der Waals surface area contributed by atoms with Gasteiger partial charge in [-0.2, -0.15) is 26.3 Å². The van der Waals surface area contributed by atoms with E-state index in [1.807, 2.05) is 0 Å². The molecule has 1 unspecified atom stereocenters. The average molecular weight is 667 g/mol. The first kappa shape index (κ1) is 30.6. The maximum Gasteiger partial charge on any atom is 0.399 e. The topological polar surface area (TPSA) is 58.2 Å². The smallest absolute Gasteiger partial charge is 0.354 e. The zero-order valence-electron chi connectivity index (χ0n) is 19.0. The summed E-state index contributed by atoms with van der Waals surface area (Å²) in [5.74, 6) is -3.44. The Morgan fingerprint density at radius 3 is 2.13 bits per heavy atom. The SMILES string of the molecule is O=C(NC1(C(=O)NCCC(F)(F)F)CC1)c1ccc(/C=C/C(c2cc(Cl)c(Cl)c(Cl)c2)C(F)(F)F)cc1Br. The molecular weight excluding hydrogens is 649 g/mol. The minimum Gasteiger partial charge on any atom is -0.354 e. The van der Waals surface area contributed by atoms with E-state index < -0.39 is 48.6 Å². The van der Waals surface area contributed by atoms with Gasteiger partial charge in [-0.05, 0) is 64.2 Å². The predicted molar refractivity (Wildman–Crippen MR) is 137 cm³/mol. The van der Waals surface area contributed by atoms with Gasteiger partial charge in [0.1, 0.15) is 5.54 Å². The molecule has 1 atom stereocenters. The average Bonchev–Trinajstić information content (AvgIpc) is 3.56. The van der Waals surface area contributed by atoms with Crippen molar-refractivity contribution in [1.82, 2.24) is 10.6 Å². The number of allylic oxidation sites excluding steroid dienone is 1. The maximum atomic E-state index is 13.8. The highest BCUT2D eigenvalue weighted by molar-refractivity contribution is 9.10. The monoisotopic (exact) mass is 664 g/mol. The number of rotatable bonds is 8. The highest BCUT2D eigenvalue weighted by Gasteiger charge is 2.51. The number of nitrogens with one attached hydrogen (secondary N) is 2. The molecule has 1 aliphatic carbocycles. The van der Waals surface area contributed by atoms with E-state index in [4.69, 9.17) is 34.8 Å². The van der Waals surface area contributed by atoms with E-state index in [-0.39, 0.29) is 43.5 Å². The van der Waals surface area contributed by atoms with Crippen molar-refractivity contribution in [3.63, 3.8) is 0 Å². The normalized spacial score (nSPS) is 15.8. The Labute approximate surface area is 236 Å². The highest BCUT2D eigenvalue weighted by atomic mass is 79.9. The quantitative estimate of drug-likeness (QED) is 0.221. The van der Waals surface area contributed by atoms with Crippen LogP contribution < -0.4 is 10.6 Å². The van der Waals surface area contributed by atoms with Crippen LogP contribution in [0.5, 0.6) is 0 Å². The molecule has 3 rings (SSSR count). The Kier molecular flexibility index (Phi) is 9.38. The van der Waals surface area contributed by atoms with Crippen molar-refractivity contribution in [3.8, 4) is 0 Å². The van der Waals surface area contributed by atoms with Crippen LogP contribution in [0.25, 0.3) is 6.08 Å². The van der Waals surface area contributed by atoms with Crippen molar-refractivity contribution >= 4 is 68.6 Å². The summed E-state index contributed by atoms with van der Waals surface area (Å²) < 4.78 is 78.5. The lowest BCUT2D eigenvalue weighted by Crippen LogP contribution is -2.49. The first-order valence-electron chi connectivity index (χ1n) is 10.9. The zero-order valence-corrected chi connectivity index (χ0v) is 22.9. The van der Waals surface area contributed by atoms with Crippen LogP contribution in [0.15, 0.2) is 40.9 Å². The van der Waals surface area contributed by atoms with E-state index in [0.717, 1.165) is 18.2 Å². The second-order valence-electron chi connectivity index (χ2n) is 8.57. The third-order valence-electron chi connectivity index (χ3n) is 5.67. The molecule has 0 saturated heterocycles. The van der Waals surface area contributed by atoms with Gasteiger partial charge >= 0.3 is 12.4 Å². The van der Waals surface area contributed by atoms with Gasteiger partial charge in [0.25, 0.3) is 5.91 Å². The molecule has 1 fully saturated rings. The standard InChI is InChI=1S/C24H18BrCl3F6N2O2/c25-16-9-12(2-4-15(24(32,33)34)13-10-17(26)19(28)18(27)11-13)1-3-14(16)20(37)36-22(5-6-22)21(38)35-8-7-23(29,30)31/h1-4,9-11,15H,5-8H2,(H,35,38)(H,36,37)/b4-2+. The van der Waals surface area contributed by atoms with Crippen LogP contribution >= 0.6 is 50.7 Å². The van der Waals surface area contributed by atoms with Gasteiger partial charge in [0.15, 0.2) is 0 Å². The number of benzene rings is 2. The fourth-order valence-corrected chi connectivity index (χ4v) is 4.69. The van der Waals surface area contributed by atoms with Gasteiger partial charge in [0.2, 0.25) is 5.91 Å². The van der Waals surface area contributed by atoms with Crippen LogP contribution in [0.1, 0.15) is 46.7 Å². The summed E-state index contributed by atoms with van der Waals surface area (Å²) >= 11 is 20.8. The van der Waals surface area contributed by atoms with Gasteiger partial charge in [-0.3, -0.25) is 9.59 Å². The number of hydrogen-bond donors (Lipinski definition) is 2. The van der Waals surface area contributed by atoms with Crippen LogP contribution in [0.4, 0.5) is 26.3 Å². The Hall–Kier alpha value is -1.95. The summed E-state index contributed by atoms with van der Waals surface area (Å²) in [5.41, 5.74) is -1.12. The number of hydrogen-bond acceptors (Lipinski definition) is 2. The second-order valence-corrected chi connectivity index (χ2v) is 10.6. The van der Waals surface area contributed by atoms with Crippen LogP contribution in [0, 0.1) is 0 Å². The number of carbonyl (C=O) groups is 2. The molecule has 0 aliphatic heterocycles. The largest absolute Gasteiger partial charge is 0.399 e. The second kappa shape index (κ2) is 11.7. The Morgan fingerprint density at radius 1 is 1.03 bits per heavy atom. The van der Waals surface area contributed by atoms with Crippen LogP contribution in [0.3, 0.4) is 0 Å². The van der Waals surface area contributed by atoms with Crippen LogP contribution in [0.2, 0.25) is 15.1 Å². The molecule has 38 heavy (non-hydrogen) atoms. The van der Waals surface area contributed by atoms with Crippen molar-refractivity contribution in [2.75, 3.05) is 6.54 Å². The summed E-state index contributed by atoms with van der Waals surface area (Å²) in [5, 5.41) is 4.39. The van der Waals surface area contributed by atoms with E-state index >= 15 is 0 Å². The Balaban J connectivity index is 1.73. The van der Waals surface area contributed by atoms with E-state index in [9.17, 15) is 35.9 Å². The first-order chi connectivity index (χ1) is 17.5. The summed E-state index contributed by atoms with van der Waals surface area (Å²) in [6.07, 6.45) is -7.67. The number of halogens is 10. The zero-order chi connectivity index (χ0) is 28.5. The molecule has 0 spiro atoms. The van der Waals surface area contributed by atoms with Gasteiger partial charge in [-0.25, -0.2) is 0 Å². The molecule has 0 radical (unpaired) electrons. The molecule has 2 amide bonds. The van der Waals surface area contributed by atoms with Crippen molar-refractivity contribution < 1.29 is 35.9 Å². The molecule has 4 nitrogen and oxygen atoms in total. The fraction of sp³-hybridized carbons (Fsp3) is 0.333. The van der Waals surface area contributed by atoms with E-state index in [1.165, 1.54) is 24.3 Å². The van der Waals surface area contributed by atoms with Gasteiger partial charge in [-0.1, -0.05) is 53.0 Å². The van der Waals surface area contributed by atoms with Crippen LogP contribution in [-0.2, 0) is 4.79 Å². The molecule has 0 heterocycles. The lowest BCUT2D eigenvalue weighted by atomic mass is 9.97. The number of carbonyl (C=O) groups excluding carboxylic acids is 2. The molecule has 2 aromatic rings. The van der Waals surface area contributed by atoms with E-state index in [1.54, 1.807) is 0 Å². The molecular formula is C24H18BrCl3F6N2O2. The first-order valence-corrected chi connectivity index (χ1v) is 12.8. The Morgan fingerprint density at radius 2 is 1.63 bits per heavy atom. The summed E-state index contributed by atoms with van der Waals surface area (Å²) in [4.78, 5) is 25.0. The van der Waals surface area contributed by atoms with E-state index in [2.05, 4.69) is 26.6 Å². The van der Waals surface area contributed by atoms with Crippen LogP contribution in [-0.4, -0.2) is 36.3 Å². The van der Waals surface area contributed by atoms with Gasteiger partial charge < -0.3 is 10.6 Å². The third kappa shape index (κ3) is 7.80. The van der Waals surface area contributed by atoms with Crippen molar-refractivity contribution in [2.45, 2.75) is 43.1 Å². The lowest BCUT2D eigenvalue weighted by molar-refractivity contribution is -0.139. The summed E-state index contributed by atoms with van der Waals surface area (Å²) in [6, 6.07) is 6.30. The van der Waals surface area contributed by atoms with Crippen molar-refractivity contribution in [1.29, 1.82) is 0 Å². The molecule has 0 aromatic heterocycles. The fourth-order valence-electron chi connectivity index (χ4n) is 3.50. The van der Waals surface area contributed by atoms with E-state index in [0.29, 0.717) is 5.56 Å². The molecule has 0 bridgehead atoms. The molecule has 2 N–H and O–H groups in total. The predicted octanol–water partition coefficient (Wildman–Crippen LogP) is 8.10. The number of alkyl halides is 6. The highest BCUT2D eigenvalue weighted by Crippen LogP contribution is 2.41. The molecule has 1 saturated carbocycles. The molecule has 206 valence electrons. The third-order valence-corrected chi connectivity index (χ3v) is 7.52. The number of amides is 2. The van der Waals surface area contributed by atoms with Gasteiger partial charge in [0.05, 0.1) is 33.0 Å². The minimum absolute atomic E-state index is 0.0634.